The van der Waals surface area contributed by atoms with Gasteiger partial charge >= 0.3 is 0 Å². The first-order chi connectivity index (χ1) is 15.1. The minimum Gasteiger partial charge on any atom is -0.496 e. The van der Waals surface area contributed by atoms with Crippen LogP contribution in [0.2, 0.25) is 5.02 Å². The van der Waals surface area contributed by atoms with E-state index in [0.717, 1.165) is 48.9 Å². The second kappa shape index (κ2) is 10.2. The summed E-state index contributed by atoms with van der Waals surface area (Å²) in [7, 11) is 3.68. The third-order valence-electron chi connectivity index (χ3n) is 5.50. The van der Waals surface area contributed by atoms with Gasteiger partial charge in [-0.05, 0) is 36.4 Å². The number of para-hydroxylation sites is 1. The Bertz CT molecular complexity index is 990. The molecule has 2 heterocycles. The molecule has 0 radical (unpaired) electrons. The molecule has 164 valence electrons. The average Bonchev–Trinajstić information content (AvgIpc) is 3.16. The summed E-state index contributed by atoms with van der Waals surface area (Å²) in [5.74, 6) is 1.74. The van der Waals surface area contributed by atoms with Gasteiger partial charge in [-0.1, -0.05) is 29.8 Å². The number of halogens is 1. The SMILES string of the molecule is COc1ccccc1CN1CCOC(c2cc(CCOc3ccc(Cl)cc3)n(C)n2)C1. The Kier molecular flexibility index (Phi) is 7.12. The maximum atomic E-state index is 6.05. The number of methoxy groups -OCH3 is 1. The van der Waals surface area contributed by atoms with Crippen LogP contribution in [0.5, 0.6) is 11.5 Å². The number of nitrogens with zero attached hydrogens (tertiary/aromatic N) is 3. The topological polar surface area (TPSA) is 48.8 Å². The van der Waals surface area contributed by atoms with Gasteiger partial charge in [0.25, 0.3) is 0 Å². The average molecular weight is 442 g/mol. The largest absolute Gasteiger partial charge is 0.496 e. The molecule has 31 heavy (non-hydrogen) atoms. The van der Waals surface area contributed by atoms with Crippen LogP contribution >= 0.6 is 11.6 Å². The second-order valence-electron chi connectivity index (χ2n) is 7.64. The lowest BCUT2D eigenvalue weighted by Gasteiger charge is -2.32. The molecule has 6 nitrogen and oxygen atoms in total. The van der Waals surface area contributed by atoms with Gasteiger partial charge in [0.05, 0.1) is 26.0 Å². The molecular formula is C24H28ClN3O3. The Morgan fingerprint density at radius 1 is 1.16 bits per heavy atom. The third-order valence-corrected chi connectivity index (χ3v) is 5.76. The number of aryl methyl sites for hydroxylation is 1. The number of benzene rings is 2. The Hall–Kier alpha value is -2.54. The number of hydrogen-bond donors (Lipinski definition) is 0. The van der Waals surface area contributed by atoms with Gasteiger partial charge in [0.1, 0.15) is 17.6 Å². The van der Waals surface area contributed by atoms with Gasteiger partial charge < -0.3 is 14.2 Å². The lowest BCUT2D eigenvalue weighted by molar-refractivity contribution is -0.0353. The summed E-state index contributed by atoms with van der Waals surface area (Å²) in [5, 5.41) is 5.42. The molecule has 1 aliphatic heterocycles. The fourth-order valence-corrected chi connectivity index (χ4v) is 3.95. The van der Waals surface area contributed by atoms with Crippen molar-refractivity contribution in [3.63, 3.8) is 0 Å². The standard InChI is InChI=1S/C24H28ClN3O3/c1-27-20(11-13-30-21-9-7-19(25)8-10-21)15-22(26-27)24-17-28(12-14-31-24)16-18-5-3-4-6-23(18)29-2/h3-10,15,24H,11-14,16-17H2,1-2H3. The Balaban J connectivity index is 1.35. The van der Waals surface area contributed by atoms with Gasteiger partial charge in [-0.15, -0.1) is 0 Å². The van der Waals surface area contributed by atoms with Crippen molar-refractivity contribution in [3.8, 4) is 11.5 Å². The molecule has 2 aromatic carbocycles. The molecule has 0 spiro atoms. The Morgan fingerprint density at radius 2 is 1.97 bits per heavy atom. The van der Waals surface area contributed by atoms with Crippen molar-refractivity contribution in [2.75, 3.05) is 33.4 Å². The third kappa shape index (κ3) is 5.58. The monoisotopic (exact) mass is 441 g/mol. The summed E-state index contributed by atoms with van der Waals surface area (Å²) in [6.07, 6.45) is 0.727. The summed E-state index contributed by atoms with van der Waals surface area (Å²) in [4.78, 5) is 2.39. The quantitative estimate of drug-likeness (QED) is 0.522. The van der Waals surface area contributed by atoms with Gasteiger partial charge in [-0.3, -0.25) is 9.58 Å². The molecule has 1 atom stereocenters. The van der Waals surface area contributed by atoms with E-state index in [1.807, 2.05) is 54.2 Å². The number of hydrogen-bond acceptors (Lipinski definition) is 5. The number of rotatable bonds is 8. The molecule has 0 saturated carbocycles. The molecule has 0 N–H and O–H groups in total. The van der Waals surface area contributed by atoms with Gasteiger partial charge in [0.2, 0.25) is 0 Å². The number of ether oxygens (including phenoxy) is 3. The van der Waals surface area contributed by atoms with E-state index in [1.54, 1.807) is 7.11 Å². The van der Waals surface area contributed by atoms with Crippen LogP contribution in [0.25, 0.3) is 0 Å². The van der Waals surface area contributed by atoms with Crippen molar-refractivity contribution in [3.05, 3.63) is 76.6 Å². The molecule has 4 rings (SSSR count). The minimum absolute atomic E-state index is 0.0411. The van der Waals surface area contributed by atoms with Crippen LogP contribution in [0.1, 0.15) is 23.1 Å². The summed E-state index contributed by atoms with van der Waals surface area (Å²) >= 11 is 5.92. The van der Waals surface area contributed by atoms with E-state index in [0.29, 0.717) is 18.2 Å². The van der Waals surface area contributed by atoms with Crippen LogP contribution in [-0.2, 0) is 24.8 Å². The fourth-order valence-electron chi connectivity index (χ4n) is 3.83. The Labute approximate surface area is 188 Å². The molecule has 3 aromatic rings. The highest BCUT2D eigenvalue weighted by Gasteiger charge is 2.25. The molecule has 0 amide bonds. The second-order valence-corrected chi connectivity index (χ2v) is 8.08. The minimum atomic E-state index is -0.0411. The van der Waals surface area contributed by atoms with Crippen molar-refractivity contribution in [1.29, 1.82) is 0 Å². The van der Waals surface area contributed by atoms with Gasteiger partial charge in [-0.25, -0.2) is 0 Å². The van der Waals surface area contributed by atoms with Crippen molar-refractivity contribution < 1.29 is 14.2 Å². The molecule has 7 heteroatoms. The van der Waals surface area contributed by atoms with E-state index in [1.165, 1.54) is 5.56 Å². The molecule has 1 fully saturated rings. The summed E-state index contributed by atoms with van der Waals surface area (Å²) in [5.41, 5.74) is 3.27. The predicted molar refractivity (Wildman–Crippen MR) is 121 cm³/mol. The molecule has 1 aromatic heterocycles. The fraction of sp³-hybridized carbons (Fsp3) is 0.375. The first-order valence-corrected chi connectivity index (χ1v) is 10.9. The van der Waals surface area contributed by atoms with Crippen molar-refractivity contribution >= 4 is 11.6 Å². The summed E-state index contributed by atoms with van der Waals surface area (Å²) in [6.45, 7) is 3.79. The lowest BCUT2D eigenvalue weighted by atomic mass is 10.1. The maximum Gasteiger partial charge on any atom is 0.123 e. The Morgan fingerprint density at radius 3 is 2.77 bits per heavy atom. The molecule has 1 saturated heterocycles. The van der Waals surface area contributed by atoms with Crippen molar-refractivity contribution in [2.24, 2.45) is 7.05 Å². The zero-order valence-electron chi connectivity index (χ0n) is 18.0. The predicted octanol–water partition coefficient (Wildman–Crippen LogP) is 4.28. The first kappa shape index (κ1) is 21.7. The van der Waals surface area contributed by atoms with E-state index < -0.39 is 0 Å². The maximum absolute atomic E-state index is 6.05. The molecule has 0 bridgehead atoms. The van der Waals surface area contributed by atoms with Crippen molar-refractivity contribution in [1.82, 2.24) is 14.7 Å². The van der Waals surface area contributed by atoms with E-state index >= 15 is 0 Å². The zero-order chi connectivity index (χ0) is 21.6. The molecular weight excluding hydrogens is 414 g/mol. The smallest absolute Gasteiger partial charge is 0.123 e. The normalized spacial score (nSPS) is 16.9. The van der Waals surface area contributed by atoms with Crippen LogP contribution in [0.15, 0.2) is 54.6 Å². The number of morpholine rings is 1. The van der Waals surface area contributed by atoms with Gasteiger partial charge in [0.15, 0.2) is 0 Å². The van der Waals surface area contributed by atoms with Crippen molar-refractivity contribution in [2.45, 2.75) is 19.1 Å². The van der Waals surface area contributed by atoms with E-state index in [2.05, 4.69) is 17.0 Å². The van der Waals surface area contributed by atoms with E-state index in [-0.39, 0.29) is 6.10 Å². The van der Waals surface area contributed by atoms with Crippen LogP contribution < -0.4 is 9.47 Å². The first-order valence-electron chi connectivity index (χ1n) is 10.5. The van der Waals surface area contributed by atoms with E-state index in [4.69, 9.17) is 30.9 Å². The van der Waals surface area contributed by atoms with Crippen LogP contribution in [0, 0.1) is 0 Å². The summed E-state index contributed by atoms with van der Waals surface area (Å²) in [6, 6.07) is 17.7. The lowest BCUT2D eigenvalue weighted by Crippen LogP contribution is -2.38. The molecule has 1 unspecified atom stereocenters. The van der Waals surface area contributed by atoms with E-state index in [9.17, 15) is 0 Å². The number of aromatic nitrogens is 2. The highest BCUT2D eigenvalue weighted by atomic mass is 35.5. The van der Waals surface area contributed by atoms with Crippen LogP contribution in [-0.4, -0.2) is 48.1 Å². The zero-order valence-corrected chi connectivity index (χ0v) is 18.7. The highest BCUT2D eigenvalue weighted by Crippen LogP contribution is 2.26. The molecule has 0 aliphatic carbocycles. The van der Waals surface area contributed by atoms with Crippen LogP contribution in [0.3, 0.4) is 0 Å². The van der Waals surface area contributed by atoms with Crippen LogP contribution in [0.4, 0.5) is 0 Å². The highest BCUT2D eigenvalue weighted by molar-refractivity contribution is 6.30. The summed E-state index contributed by atoms with van der Waals surface area (Å²) < 4.78 is 19.3. The van der Waals surface area contributed by atoms with Gasteiger partial charge in [0, 0.05) is 49.4 Å². The molecule has 1 aliphatic rings. The van der Waals surface area contributed by atoms with Gasteiger partial charge in [-0.2, -0.15) is 5.10 Å².